The van der Waals surface area contributed by atoms with E-state index in [1.54, 1.807) is 11.6 Å². The Kier molecular flexibility index (Phi) is 5.44. The summed E-state index contributed by atoms with van der Waals surface area (Å²) in [6, 6.07) is 0. The SMILES string of the molecule is C=CC.CC1=CCCC(C)=C1C. The molecule has 0 saturated heterocycles. The van der Waals surface area contributed by atoms with Gasteiger partial charge < -0.3 is 0 Å². The second-order valence-electron chi connectivity index (χ2n) is 3.24. The standard InChI is InChI=1S/C9H14.C3H6/c1-7-5-4-6-8(2)9(7)3;1-3-2/h5H,4,6H2,1-3H3;3H,1H2,2H3. The van der Waals surface area contributed by atoms with E-state index in [1.807, 2.05) is 6.92 Å². The average molecular weight is 164 g/mol. The zero-order valence-electron chi connectivity index (χ0n) is 8.78. The van der Waals surface area contributed by atoms with Crippen LogP contribution in [0.5, 0.6) is 0 Å². The summed E-state index contributed by atoms with van der Waals surface area (Å²) >= 11 is 0. The van der Waals surface area contributed by atoms with Crippen LogP contribution < -0.4 is 0 Å². The normalized spacial score (nSPS) is 16.2. The molecule has 0 saturated carbocycles. The Hall–Kier alpha value is -0.780. The van der Waals surface area contributed by atoms with E-state index in [9.17, 15) is 0 Å². The third-order valence-electron chi connectivity index (χ3n) is 2.20. The summed E-state index contributed by atoms with van der Waals surface area (Å²) in [6.45, 7) is 11.9. The molecule has 0 aliphatic heterocycles. The lowest BCUT2D eigenvalue weighted by Gasteiger charge is -2.12. The first-order valence-electron chi connectivity index (χ1n) is 4.54. The van der Waals surface area contributed by atoms with E-state index in [1.165, 1.54) is 24.0 Å². The molecular weight excluding hydrogens is 144 g/mol. The zero-order valence-corrected chi connectivity index (χ0v) is 8.78. The summed E-state index contributed by atoms with van der Waals surface area (Å²) in [6.07, 6.45) is 6.58. The highest BCUT2D eigenvalue weighted by atomic mass is 14.1. The fourth-order valence-corrected chi connectivity index (χ4v) is 1.18. The third-order valence-corrected chi connectivity index (χ3v) is 2.20. The molecular formula is C12H20. The molecule has 12 heavy (non-hydrogen) atoms. The molecule has 0 aromatic heterocycles. The maximum atomic E-state index is 3.36. The molecule has 0 bridgehead atoms. The Balaban J connectivity index is 0.000000354. The highest BCUT2D eigenvalue weighted by molar-refractivity contribution is 5.34. The van der Waals surface area contributed by atoms with Gasteiger partial charge in [0.25, 0.3) is 0 Å². The molecule has 0 atom stereocenters. The zero-order chi connectivity index (χ0) is 9.56. The Bertz CT molecular complexity index is 204. The van der Waals surface area contributed by atoms with Crippen molar-refractivity contribution in [1.82, 2.24) is 0 Å². The lowest BCUT2D eigenvalue weighted by Crippen LogP contribution is -1.92. The summed E-state index contributed by atoms with van der Waals surface area (Å²) in [7, 11) is 0. The molecule has 0 fully saturated rings. The van der Waals surface area contributed by atoms with Crippen LogP contribution in [-0.2, 0) is 0 Å². The van der Waals surface area contributed by atoms with Crippen molar-refractivity contribution >= 4 is 0 Å². The maximum absolute atomic E-state index is 3.36. The number of rotatable bonds is 0. The Labute approximate surface area is 76.7 Å². The van der Waals surface area contributed by atoms with E-state index < -0.39 is 0 Å². The van der Waals surface area contributed by atoms with Gasteiger partial charge in [0.15, 0.2) is 0 Å². The quantitative estimate of drug-likeness (QED) is 0.469. The topological polar surface area (TPSA) is 0 Å². The van der Waals surface area contributed by atoms with Crippen LogP contribution in [-0.4, -0.2) is 0 Å². The van der Waals surface area contributed by atoms with Crippen LogP contribution >= 0.6 is 0 Å². The van der Waals surface area contributed by atoms with Crippen molar-refractivity contribution in [2.45, 2.75) is 40.5 Å². The summed E-state index contributed by atoms with van der Waals surface area (Å²) in [5.41, 5.74) is 4.54. The largest absolute Gasteiger partial charge is 0.103 e. The molecule has 1 aliphatic rings. The minimum atomic E-state index is 1.25. The molecule has 0 aromatic carbocycles. The molecule has 0 heterocycles. The monoisotopic (exact) mass is 164 g/mol. The van der Waals surface area contributed by atoms with Crippen molar-refractivity contribution in [2.75, 3.05) is 0 Å². The van der Waals surface area contributed by atoms with Crippen LogP contribution in [0.15, 0.2) is 35.5 Å². The van der Waals surface area contributed by atoms with Crippen molar-refractivity contribution in [1.29, 1.82) is 0 Å². The number of allylic oxidation sites excluding steroid dienone is 5. The summed E-state index contributed by atoms with van der Waals surface area (Å²) < 4.78 is 0. The van der Waals surface area contributed by atoms with Crippen LogP contribution in [0.1, 0.15) is 40.5 Å². The van der Waals surface area contributed by atoms with E-state index in [-0.39, 0.29) is 0 Å². The van der Waals surface area contributed by atoms with E-state index in [4.69, 9.17) is 0 Å². The first-order chi connectivity index (χ1) is 5.63. The van der Waals surface area contributed by atoms with Crippen molar-refractivity contribution < 1.29 is 0 Å². The average Bonchev–Trinajstić information content (AvgIpc) is 2.02. The fraction of sp³-hybridized carbons (Fsp3) is 0.500. The molecule has 0 heteroatoms. The van der Waals surface area contributed by atoms with Crippen molar-refractivity contribution in [3.05, 3.63) is 35.5 Å². The Morgan fingerprint density at radius 2 is 1.83 bits per heavy atom. The van der Waals surface area contributed by atoms with Gasteiger partial charge in [0.05, 0.1) is 0 Å². The summed E-state index contributed by atoms with van der Waals surface area (Å²) in [5, 5.41) is 0. The molecule has 0 N–H and O–H groups in total. The molecule has 0 unspecified atom stereocenters. The van der Waals surface area contributed by atoms with Gasteiger partial charge in [0, 0.05) is 0 Å². The van der Waals surface area contributed by atoms with Gasteiger partial charge in [-0.3, -0.25) is 0 Å². The molecule has 1 aliphatic carbocycles. The Morgan fingerprint density at radius 3 is 2.17 bits per heavy atom. The first kappa shape index (κ1) is 11.2. The predicted octanol–water partition coefficient (Wildman–Crippen LogP) is 4.26. The first-order valence-corrected chi connectivity index (χ1v) is 4.54. The second kappa shape index (κ2) is 5.82. The van der Waals surface area contributed by atoms with E-state index >= 15 is 0 Å². The molecule has 0 amide bonds. The minimum absolute atomic E-state index is 1.25. The predicted molar refractivity (Wildman–Crippen MR) is 57.2 cm³/mol. The highest BCUT2D eigenvalue weighted by Gasteiger charge is 2.03. The van der Waals surface area contributed by atoms with Crippen LogP contribution in [0.25, 0.3) is 0 Å². The third kappa shape index (κ3) is 3.56. The summed E-state index contributed by atoms with van der Waals surface area (Å²) in [5.74, 6) is 0. The Morgan fingerprint density at radius 1 is 1.33 bits per heavy atom. The van der Waals surface area contributed by atoms with Crippen molar-refractivity contribution in [2.24, 2.45) is 0 Å². The van der Waals surface area contributed by atoms with Crippen molar-refractivity contribution in [3.63, 3.8) is 0 Å². The van der Waals surface area contributed by atoms with Gasteiger partial charge in [-0.1, -0.05) is 23.3 Å². The van der Waals surface area contributed by atoms with Gasteiger partial charge in [-0.15, -0.1) is 6.58 Å². The van der Waals surface area contributed by atoms with Gasteiger partial charge in [0.1, 0.15) is 0 Å². The van der Waals surface area contributed by atoms with Crippen LogP contribution in [0.4, 0.5) is 0 Å². The summed E-state index contributed by atoms with van der Waals surface area (Å²) in [4.78, 5) is 0. The molecule has 0 radical (unpaired) electrons. The molecule has 0 spiro atoms. The van der Waals surface area contributed by atoms with Gasteiger partial charge in [-0.2, -0.15) is 0 Å². The minimum Gasteiger partial charge on any atom is -0.103 e. The number of hydrogen-bond acceptors (Lipinski definition) is 0. The van der Waals surface area contributed by atoms with Crippen LogP contribution in [0.3, 0.4) is 0 Å². The van der Waals surface area contributed by atoms with Crippen molar-refractivity contribution in [3.8, 4) is 0 Å². The maximum Gasteiger partial charge on any atom is -0.0282 e. The molecule has 0 aromatic rings. The van der Waals surface area contributed by atoms with Gasteiger partial charge >= 0.3 is 0 Å². The van der Waals surface area contributed by atoms with E-state index in [0.717, 1.165) is 0 Å². The van der Waals surface area contributed by atoms with E-state index in [2.05, 4.69) is 33.4 Å². The molecule has 1 rings (SSSR count). The van der Waals surface area contributed by atoms with Gasteiger partial charge in [-0.05, 0) is 46.1 Å². The fourth-order valence-electron chi connectivity index (χ4n) is 1.18. The number of hydrogen-bond donors (Lipinski definition) is 0. The smallest absolute Gasteiger partial charge is 0.0282 e. The molecule has 68 valence electrons. The lowest BCUT2D eigenvalue weighted by molar-refractivity contribution is 0.918. The van der Waals surface area contributed by atoms with E-state index in [0.29, 0.717) is 0 Å². The second-order valence-corrected chi connectivity index (χ2v) is 3.24. The van der Waals surface area contributed by atoms with Crippen LogP contribution in [0, 0.1) is 0 Å². The van der Waals surface area contributed by atoms with Gasteiger partial charge in [0.2, 0.25) is 0 Å². The highest BCUT2D eigenvalue weighted by Crippen LogP contribution is 2.23. The van der Waals surface area contributed by atoms with Gasteiger partial charge in [-0.25, -0.2) is 0 Å². The van der Waals surface area contributed by atoms with Crippen LogP contribution in [0.2, 0.25) is 0 Å². The lowest BCUT2D eigenvalue weighted by atomic mass is 9.94. The molecule has 0 nitrogen and oxygen atoms in total.